The van der Waals surface area contributed by atoms with Crippen molar-refractivity contribution in [2.24, 2.45) is 0 Å². The second-order valence-corrected chi connectivity index (χ2v) is 5.64. The average molecular weight is 245 g/mol. The molecule has 0 radical (unpaired) electrons. The predicted octanol–water partition coefficient (Wildman–Crippen LogP) is 3.07. The third-order valence-electron chi connectivity index (χ3n) is 3.31. The van der Waals surface area contributed by atoms with Crippen LogP contribution in [0.15, 0.2) is 0 Å². The van der Waals surface area contributed by atoms with Crippen molar-refractivity contribution in [1.29, 1.82) is 0 Å². The van der Waals surface area contributed by atoms with Gasteiger partial charge in [-0.05, 0) is 31.9 Å². The van der Waals surface area contributed by atoms with E-state index in [9.17, 15) is 0 Å². The molecule has 1 fully saturated rings. The molecule has 0 aliphatic carbocycles. The number of rotatable bonds is 7. The molecule has 0 bridgehead atoms. The van der Waals surface area contributed by atoms with E-state index in [4.69, 9.17) is 4.74 Å². The summed E-state index contributed by atoms with van der Waals surface area (Å²) in [7, 11) is 0. The van der Waals surface area contributed by atoms with Crippen LogP contribution < -0.4 is 5.32 Å². The minimum atomic E-state index is 0.503. The van der Waals surface area contributed by atoms with Gasteiger partial charge in [0.15, 0.2) is 0 Å². The summed E-state index contributed by atoms with van der Waals surface area (Å²) in [6, 6.07) is 1.36. The van der Waals surface area contributed by atoms with Crippen LogP contribution in [0, 0.1) is 0 Å². The fraction of sp³-hybridized carbons (Fsp3) is 1.00. The quantitative estimate of drug-likeness (QED) is 0.745. The Balaban J connectivity index is 2.29. The standard InChI is InChI=1S/C13H27NOS/c1-4-6-13-9-12(7-8-15-13)14-11(5-2)10-16-3/h11-14H,4-10H2,1-3H3. The molecule has 2 nitrogen and oxygen atoms in total. The molecule has 0 aromatic rings. The number of hydrogen-bond donors (Lipinski definition) is 1. The molecule has 0 spiro atoms. The minimum absolute atomic E-state index is 0.503. The molecule has 3 unspecified atom stereocenters. The summed E-state index contributed by atoms with van der Waals surface area (Å²) in [5, 5.41) is 3.79. The molecule has 3 atom stereocenters. The van der Waals surface area contributed by atoms with Gasteiger partial charge >= 0.3 is 0 Å². The highest BCUT2D eigenvalue weighted by Gasteiger charge is 2.23. The zero-order valence-electron chi connectivity index (χ0n) is 11.0. The summed E-state index contributed by atoms with van der Waals surface area (Å²) in [5.41, 5.74) is 0. The van der Waals surface area contributed by atoms with Crippen molar-refractivity contribution in [2.75, 3.05) is 18.6 Å². The maximum Gasteiger partial charge on any atom is 0.0589 e. The highest BCUT2D eigenvalue weighted by Crippen LogP contribution is 2.19. The van der Waals surface area contributed by atoms with Gasteiger partial charge < -0.3 is 10.1 Å². The van der Waals surface area contributed by atoms with Gasteiger partial charge in [-0.15, -0.1) is 0 Å². The van der Waals surface area contributed by atoms with Gasteiger partial charge in [0.1, 0.15) is 0 Å². The molecule has 96 valence electrons. The summed E-state index contributed by atoms with van der Waals surface area (Å²) >= 11 is 1.94. The molecule has 3 heteroatoms. The lowest BCUT2D eigenvalue weighted by molar-refractivity contribution is -0.00463. The molecule has 0 saturated carbocycles. The first-order chi connectivity index (χ1) is 7.80. The maximum absolute atomic E-state index is 5.78. The van der Waals surface area contributed by atoms with Crippen LogP contribution in [0.25, 0.3) is 0 Å². The van der Waals surface area contributed by atoms with Gasteiger partial charge in [0.05, 0.1) is 6.10 Å². The Bertz CT molecular complexity index is 175. The molecular formula is C13H27NOS. The highest BCUT2D eigenvalue weighted by molar-refractivity contribution is 7.98. The van der Waals surface area contributed by atoms with Crippen LogP contribution >= 0.6 is 11.8 Å². The van der Waals surface area contributed by atoms with Crippen molar-refractivity contribution in [3.63, 3.8) is 0 Å². The van der Waals surface area contributed by atoms with Gasteiger partial charge in [0.2, 0.25) is 0 Å². The first kappa shape index (κ1) is 14.3. The van der Waals surface area contributed by atoms with E-state index in [2.05, 4.69) is 25.4 Å². The normalized spacial score (nSPS) is 27.9. The van der Waals surface area contributed by atoms with Gasteiger partial charge in [-0.3, -0.25) is 0 Å². The topological polar surface area (TPSA) is 21.3 Å². The van der Waals surface area contributed by atoms with Gasteiger partial charge in [-0.1, -0.05) is 20.3 Å². The third-order valence-corrected chi connectivity index (χ3v) is 4.05. The smallest absolute Gasteiger partial charge is 0.0589 e. The summed E-state index contributed by atoms with van der Waals surface area (Å²) in [5.74, 6) is 1.23. The van der Waals surface area contributed by atoms with Crippen molar-refractivity contribution in [3.05, 3.63) is 0 Å². The molecule has 0 aromatic heterocycles. The van der Waals surface area contributed by atoms with Gasteiger partial charge in [0.25, 0.3) is 0 Å². The second kappa shape index (κ2) is 8.37. The fourth-order valence-electron chi connectivity index (χ4n) is 2.37. The molecule has 1 heterocycles. The first-order valence-corrected chi connectivity index (χ1v) is 8.06. The molecule has 16 heavy (non-hydrogen) atoms. The molecule has 1 aliphatic heterocycles. The average Bonchev–Trinajstić information content (AvgIpc) is 2.29. The fourth-order valence-corrected chi connectivity index (χ4v) is 3.11. The van der Waals surface area contributed by atoms with E-state index >= 15 is 0 Å². The molecule has 1 rings (SSSR count). The lowest BCUT2D eigenvalue weighted by atomic mass is 9.99. The van der Waals surface area contributed by atoms with Crippen LogP contribution in [0.3, 0.4) is 0 Å². The Morgan fingerprint density at radius 2 is 2.25 bits per heavy atom. The Morgan fingerprint density at radius 3 is 2.88 bits per heavy atom. The van der Waals surface area contributed by atoms with E-state index in [0.717, 1.165) is 6.61 Å². The van der Waals surface area contributed by atoms with Crippen LogP contribution in [-0.2, 0) is 4.74 Å². The van der Waals surface area contributed by atoms with Crippen molar-refractivity contribution >= 4 is 11.8 Å². The maximum atomic E-state index is 5.78. The molecule has 0 amide bonds. The minimum Gasteiger partial charge on any atom is -0.378 e. The largest absolute Gasteiger partial charge is 0.378 e. The van der Waals surface area contributed by atoms with E-state index in [-0.39, 0.29) is 0 Å². The van der Waals surface area contributed by atoms with Crippen LogP contribution in [-0.4, -0.2) is 36.8 Å². The van der Waals surface area contributed by atoms with Crippen LogP contribution in [0.4, 0.5) is 0 Å². The number of nitrogens with one attached hydrogen (secondary N) is 1. The molecular weight excluding hydrogens is 218 g/mol. The summed E-state index contributed by atoms with van der Waals surface area (Å²) in [4.78, 5) is 0. The lowest BCUT2D eigenvalue weighted by Gasteiger charge is -2.32. The predicted molar refractivity (Wildman–Crippen MR) is 73.3 cm³/mol. The Labute approximate surface area is 105 Å². The van der Waals surface area contributed by atoms with Crippen LogP contribution in [0.1, 0.15) is 46.0 Å². The SMILES string of the molecule is CCCC1CC(NC(CC)CSC)CCO1. The van der Waals surface area contributed by atoms with E-state index < -0.39 is 0 Å². The number of thioether (sulfide) groups is 1. The van der Waals surface area contributed by atoms with Gasteiger partial charge in [-0.25, -0.2) is 0 Å². The Hall–Kier alpha value is 0.270. The van der Waals surface area contributed by atoms with Crippen molar-refractivity contribution in [1.82, 2.24) is 5.32 Å². The summed E-state index contributed by atoms with van der Waals surface area (Å²) in [6.07, 6.45) is 8.77. The van der Waals surface area contributed by atoms with Crippen molar-refractivity contribution in [3.8, 4) is 0 Å². The summed E-state index contributed by atoms with van der Waals surface area (Å²) < 4.78 is 5.78. The van der Waals surface area contributed by atoms with Gasteiger partial charge in [0, 0.05) is 24.4 Å². The lowest BCUT2D eigenvalue weighted by Crippen LogP contribution is -2.44. The zero-order valence-corrected chi connectivity index (χ0v) is 11.8. The Kier molecular flexibility index (Phi) is 7.50. The molecule has 1 N–H and O–H groups in total. The van der Waals surface area contributed by atoms with E-state index in [0.29, 0.717) is 18.2 Å². The molecule has 0 aromatic carbocycles. The molecule has 1 aliphatic rings. The van der Waals surface area contributed by atoms with Gasteiger partial charge in [-0.2, -0.15) is 11.8 Å². The van der Waals surface area contributed by atoms with Crippen molar-refractivity contribution in [2.45, 2.75) is 64.1 Å². The third kappa shape index (κ3) is 5.07. The van der Waals surface area contributed by atoms with E-state index in [1.807, 2.05) is 11.8 Å². The number of ether oxygens (including phenoxy) is 1. The zero-order chi connectivity index (χ0) is 11.8. The highest BCUT2D eigenvalue weighted by atomic mass is 32.2. The second-order valence-electron chi connectivity index (χ2n) is 4.73. The van der Waals surface area contributed by atoms with Crippen LogP contribution in [0.5, 0.6) is 0 Å². The first-order valence-electron chi connectivity index (χ1n) is 6.66. The Morgan fingerprint density at radius 1 is 1.44 bits per heavy atom. The van der Waals surface area contributed by atoms with E-state index in [1.165, 1.54) is 37.9 Å². The monoisotopic (exact) mass is 245 g/mol. The summed E-state index contributed by atoms with van der Waals surface area (Å²) in [6.45, 7) is 5.46. The van der Waals surface area contributed by atoms with Crippen molar-refractivity contribution < 1.29 is 4.74 Å². The molecule has 1 saturated heterocycles. The number of hydrogen-bond acceptors (Lipinski definition) is 3. The van der Waals surface area contributed by atoms with E-state index in [1.54, 1.807) is 0 Å². The van der Waals surface area contributed by atoms with Crippen LogP contribution in [0.2, 0.25) is 0 Å².